The van der Waals surface area contributed by atoms with E-state index in [1.807, 2.05) is 18.2 Å². The molecule has 1 aromatic heterocycles. The number of carbonyl (C=O) groups is 3. The van der Waals surface area contributed by atoms with Gasteiger partial charge in [-0.2, -0.15) is 0 Å². The molecule has 3 N–H and O–H groups in total. The number of rotatable bonds is 7. The number of anilines is 2. The molecular formula is C25H24ClN3O4. The molecule has 0 saturated heterocycles. The summed E-state index contributed by atoms with van der Waals surface area (Å²) in [7, 11) is 0. The van der Waals surface area contributed by atoms with Gasteiger partial charge >= 0.3 is 6.09 Å². The smallest absolute Gasteiger partial charge is 0.409 e. The molecule has 0 aliphatic rings. The number of halogens is 1. The van der Waals surface area contributed by atoms with Crippen molar-refractivity contribution in [1.29, 1.82) is 0 Å². The highest BCUT2D eigenvalue weighted by molar-refractivity contribution is 6.32. The molecule has 8 heteroatoms. The van der Waals surface area contributed by atoms with E-state index >= 15 is 0 Å². The Kier molecular flexibility index (Phi) is 7.45. The summed E-state index contributed by atoms with van der Waals surface area (Å²) in [6, 6.07) is 13.9. The lowest BCUT2D eigenvalue weighted by Gasteiger charge is -2.13. The van der Waals surface area contributed by atoms with Crippen LogP contribution in [0.2, 0.25) is 5.02 Å². The molecule has 0 aliphatic carbocycles. The minimum atomic E-state index is -1.28. The average Bonchev–Trinajstić information content (AvgIpc) is 2.77. The molecule has 0 bridgehead atoms. The zero-order valence-electron chi connectivity index (χ0n) is 18.5. The second-order valence-corrected chi connectivity index (χ2v) is 8.34. The highest BCUT2D eigenvalue weighted by atomic mass is 35.5. The van der Waals surface area contributed by atoms with Crippen molar-refractivity contribution in [3.05, 3.63) is 76.6 Å². The Bertz CT molecular complexity index is 1210. The second-order valence-electron chi connectivity index (χ2n) is 7.93. The molecule has 33 heavy (non-hydrogen) atoms. The molecule has 3 aromatic rings. The number of carbonyl (C=O) groups excluding carboxylic acids is 2. The van der Waals surface area contributed by atoms with Crippen molar-refractivity contribution in [1.82, 2.24) is 4.98 Å². The maximum absolute atomic E-state index is 12.7. The fraction of sp³-hybridized carbons (Fsp3) is 0.200. The molecule has 1 heterocycles. The Morgan fingerprint density at radius 2 is 1.73 bits per heavy atom. The normalized spacial score (nSPS) is 10.7. The summed E-state index contributed by atoms with van der Waals surface area (Å²) in [5.74, 6) is -0.631. The summed E-state index contributed by atoms with van der Waals surface area (Å²) in [6.07, 6.45) is 0.0754. The Hall–Kier alpha value is -3.71. The predicted molar refractivity (Wildman–Crippen MR) is 129 cm³/mol. The largest absolute Gasteiger partial charge is 0.465 e. The number of hydrogen-bond donors (Lipinski definition) is 3. The summed E-state index contributed by atoms with van der Waals surface area (Å²) >= 11 is 6.11. The van der Waals surface area contributed by atoms with Gasteiger partial charge in [0.05, 0.1) is 17.8 Å². The van der Waals surface area contributed by atoms with Crippen LogP contribution in [0, 0.1) is 6.92 Å². The number of Topliss-reactive ketones (excluding diaryl/α,β-unsaturated/α-hetero) is 1. The lowest BCUT2D eigenvalue weighted by Crippen LogP contribution is -2.18. The van der Waals surface area contributed by atoms with Crippen LogP contribution in [0.3, 0.4) is 0 Å². The first kappa shape index (κ1) is 23.9. The summed E-state index contributed by atoms with van der Waals surface area (Å²) in [6.45, 7) is 5.85. The lowest BCUT2D eigenvalue weighted by molar-refractivity contribution is -0.115. The molecule has 0 fully saturated rings. The molecule has 0 unspecified atom stereocenters. The Morgan fingerprint density at radius 3 is 2.36 bits per heavy atom. The summed E-state index contributed by atoms with van der Waals surface area (Å²) in [5, 5.41) is 14.2. The van der Waals surface area contributed by atoms with E-state index in [2.05, 4.69) is 29.5 Å². The van der Waals surface area contributed by atoms with Crippen molar-refractivity contribution in [2.75, 3.05) is 10.6 Å². The number of aryl methyl sites for hydroxylation is 1. The Balaban J connectivity index is 1.74. The van der Waals surface area contributed by atoms with Gasteiger partial charge in [0.15, 0.2) is 5.78 Å². The number of nitrogens with zero attached hydrogens (tertiary/aromatic N) is 1. The van der Waals surface area contributed by atoms with Crippen LogP contribution in [0.1, 0.15) is 47.8 Å². The third kappa shape index (κ3) is 6.17. The van der Waals surface area contributed by atoms with Crippen molar-refractivity contribution < 1.29 is 19.5 Å². The van der Waals surface area contributed by atoms with Crippen LogP contribution in [0.5, 0.6) is 0 Å². The lowest BCUT2D eigenvalue weighted by atomic mass is 10.00. The Labute approximate surface area is 196 Å². The molecule has 0 spiro atoms. The molecule has 7 nitrogen and oxygen atoms in total. The molecule has 3 rings (SSSR count). The van der Waals surface area contributed by atoms with E-state index in [1.54, 1.807) is 31.3 Å². The number of carboxylic acid groups (broad SMARTS) is 1. The molecular weight excluding hydrogens is 442 g/mol. The van der Waals surface area contributed by atoms with Gasteiger partial charge in [0, 0.05) is 28.0 Å². The maximum Gasteiger partial charge on any atom is 0.409 e. The van der Waals surface area contributed by atoms with E-state index in [-0.39, 0.29) is 17.2 Å². The number of hydrogen-bond acceptors (Lipinski definition) is 4. The molecule has 0 saturated carbocycles. The van der Waals surface area contributed by atoms with E-state index in [0.29, 0.717) is 22.1 Å². The van der Waals surface area contributed by atoms with Crippen LogP contribution in [0.25, 0.3) is 11.1 Å². The van der Waals surface area contributed by atoms with Crippen LogP contribution in [-0.4, -0.2) is 27.9 Å². The number of aromatic nitrogens is 1. The second kappa shape index (κ2) is 10.3. The first-order chi connectivity index (χ1) is 15.6. The Morgan fingerprint density at radius 1 is 1.00 bits per heavy atom. The minimum absolute atomic E-state index is 0.171. The molecule has 0 radical (unpaired) electrons. The molecule has 0 aliphatic heterocycles. The predicted octanol–water partition coefficient (Wildman–Crippen LogP) is 6.14. The first-order valence-corrected chi connectivity index (χ1v) is 10.7. The fourth-order valence-corrected chi connectivity index (χ4v) is 3.40. The minimum Gasteiger partial charge on any atom is -0.465 e. The van der Waals surface area contributed by atoms with Crippen LogP contribution < -0.4 is 10.6 Å². The highest BCUT2D eigenvalue weighted by Gasteiger charge is 2.16. The van der Waals surface area contributed by atoms with Crippen molar-refractivity contribution in [2.45, 2.75) is 33.1 Å². The number of pyridine rings is 1. The van der Waals surface area contributed by atoms with Crippen LogP contribution in [0.15, 0.2) is 54.7 Å². The van der Waals surface area contributed by atoms with Gasteiger partial charge in [-0.3, -0.25) is 19.9 Å². The highest BCUT2D eigenvalue weighted by Crippen LogP contribution is 2.29. The quantitative estimate of drug-likeness (QED) is 0.287. The molecule has 2 aromatic carbocycles. The van der Waals surface area contributed by atoms with Crippen molar-refractivity contribution in [3.63, 3.8) is 0 Å². The summed E-state index contributed by atoms with van der Waals surface area (Å²) in [4.78, 5) is 40.8. The van der Waals surface area contributed by atoms with Crippen LogP contribution in [-0.2, 0) is 4.79 Å². The van der Waals surface area contributed by atoms with E-state index in [1.165, 1.54) is 12.1 Å². The maximum atomic E-state index is 12.7. The molecule has 170 valence electrons. The van der Waals surface area contributed by atoms with Gasteiger partial charge in [-0.05, 0) is 48.2 Å². The van der Waals surface area contributed by atoms with E-state index in [9.17, 15) is 14.4 Å². The van der Waals surface area contributed by atoms with Crippen molar-refractivity contribution in [3.8, 4) is 11.1 Å². The number of ketones is 1. The van der Waals surface area contributed by atoms with E-state index < -0.39 is 18.4 Å². The van der Waals surface area contributed by atoms with Crippen molar-refractivity contribution in [2.24, 2.45) is 0 Å². The average molecular weight is 466 g/mol. The van der Waals surface area contributed by atoms with Crippen molar-refractivity contribution >= 4 is 40.8 Å². The van der Waals surface area contributed by atoms with Gasteiger partial charge in [0.2, 0.25) is 5.91 Å². The van der Waals surface area contributed by atoms with Gasteiger partial charge < -0.3 is 10.4 Å². The number of nitrogens with one attached hydrogen (secondary N) is 2. The molecule has 0 atom stereocenters. The number of amides is 2. The van der Waals surface area contributed by atoms with Gasteiger partial charge in [0.25, 0.3) is 0 Å². The van der Waals surface area contributed by atoms with Gasteiger partial charge in [-0.1, -0.05) is 49.7 Å². The van der Waals surface area contributed by atoms with E-state index in [4.69, 9.17) is 16.7 Å². The topological polar surface area (TPSA) is 108 Å². The summed E-state index contributed by atoms with van der Waals surface area (Å²) < 4.78 is 0. The third-order valence-electron chi connectivity index (χ3n) is 5.03. The third-order valence-corrected chi connectivity index (χ3v) is 5.44. The standard InChI is InChI=1S/C25H24ClN3O4/c1-14(2)20-8-7-18(13-27-20)16-5-4-6-17(10-16)23(30)12-24(31)28-22-11-19(26)15(3)9-21(22)29-25(32)33/h4-11,13-14,29H,12H2,1-3H3,(H,28,31)(H,32,33). The van der Waals surface area contributed by atoms with Crippen LogP contribution >= 0.6 is 11.6 Å². The van der Waals surface area contributed by atoms with Gasteiger partial charge in [-0.25, -0.2) is 4.79 Å². The number of benzene rings is 2. The van der Waals surface area contributed by atoms with Gasteiger partial charge in [0.1, 0.15) is 0 Å². The van der Waals surface area contributed by atoms with Crippen LogP contribution in [0.4, 0.5) is 16.2 Å². The first-order valence-electron chi connectivity index (χ1n) is 10.3. The van der Waals surface area contributed by atoms with Gasteiger partial charge in [-0.15, -0.1) is 0 Å². The monoisotopic (exact) mass is 465 g/mol. The van der Waals surface area contributed by atoms with E-state index in [0.717, 1.165) is 16.8 Å². The SMILES string of the molecule is Cc1cc(NC(=O)O)c(NC(=O)CC(=O)c2cccc(-c3ccc(C(C)C)nc3)c2)cc1Cl. The fourth-order valence-electron chi connectivity index (χ4n) is 3.24. The molecule has 2 amide bonds. The summed E-state index contributed by atoms with van der Waals surface area (Å²) in [5.41, 5.74) is 4.05. The zero-order valence-corrected chi connectivity index (χ0v) is 19.2. The zero-order chi connectivity index (χ0) is 24.1.